The van der Waals surface area contributed by atoms with Crippen molar-refractivity contribution in [1.82, 2.24) is 20.9 Å². The summed E-state index contributed by atoms with van der Waals surface area (Å²) in [4.78, 5) is 29.9. The van der Waals surface area contributed by atoms with E-state index in [0.717, 1.165) is 38.9 Å². The lowest BCUT2D eigenvalue weighted by atomic mass is 10.1. The van der Waals surface area contributed by atoms with Crippen molar-refractivity contribution in [3.05, 3.63) is 0 Å². The Morgan fingerprint density at radius 2 is 1.85 bits per heavy atom. The van der Waals surface area contributed by atoms with E-state index in [0.29, 0.717) is 12.5 Å². The second kappa shape index (κ2) is 11.0. The van der Waals surface area contributed by atoms with Crippen molar-refractivity contribution < 1.29 is 14.3 Å². The Bertz CT molecular complexity index is 480. The third kappa shape index (κ3) is 9.60. The number of ether oxygens (including phenoxy) is 1. The monoisotopic (exact) mass is 369 g/mol. The highest BCUT2D eigenvalue weighted by Crippen LogP contribution is 2.10. The number of piperidine rings is 1. The van der Waals surface area contributed by atoms with E-state index in [-0.39, 0.29) is 24.5 Å². The lowest BCUT2D eigenvalue weighted by Gasteiger charge is -2.32. The number of carbonyl (C=O) groups excluding carboxylic acids is 2. The fraction of sp³-hybridized carbons (Fsp3) is 0.833. The molecule has 0 aliphatic carbocycles. The zero-order chi connectivity index (χ0) is 19.6. The van der Waals surface area contributed by atoms with Crippen LogP contribution in [0.3, 0.4) is 0 Å². The lowest BCUT2D eigenvalue weighted by molar-refractivity contribution is -0.153. The van der Waals surface area contributed by atoms with Crippen LogP contribution in [0.25, 0.3) is 0 Å². The van der Waals surface area contributed by atoms with Crippen molar-refractivity contribution in [2.45, 2.75) is 58.6 Å². The molecule has 0 spiro atoms. The predicted octanol–water partition coefficient (Wildman–Crippen LogP) is 0.484. The summed E-state index contributed by atoms with van der Waals surface area (Å²) in [6, 6.07) is 0.273. The van der Waals surface area contributed by atoms with E-state index in [9.17, 15) is 9.59 Å². The first-order valence-corrected chi connectivity index (χ1v) is 9.41. The van der Waals surface area contributed by atoms with Crippen LogP contribution < -0.4 is 16.0 Å². The summed E-state index contributed by atoms with van der Waals surface area (Å²) in [6.45, 7) is 10.6. The minimum atomic E-state index is -0.494. The van der Waals surface area contributed by atoms with Gasteiger partial charge in [-0.25, -0.2) is 0 Å². The van der Waals surface area contributed by atoms with E-state index in [1.54, 1.807) is 7.05 Å². The number of esters is 1. The Kier molecular flexibility index (Phi) is 9.40. The Morgan fingerprint density at radius 1 is 1.19 bits per heavy atom. The predicted molar refractivity (Wildman–Crippen MR) is 103 cm³/mol. The van der Waals surface area contributed by atoms with Gasteiger partial charge in [0.15, 0.2) is 5.96 Å². The number of amides is 1. The molecule has 0 aromatic carbocycles. The fourth-order valence-corrected chi connectivity index (χ4v) is 2.68. The number of hydrogen-bond acceptors (Lipinski definition) is 5. The smallest absolute Gasteiger partial charge is 0.325 e. The van der Waals surface area contributed by atoms with Gasteiger partial charge in [0.2, 0.25) is 5.91 Å². The normalized spacial score (nSPS) is 16.9. The molecule has 1 fully saturated rings. The maximum absolute atomic E-state index is 11.8. The van der Waals surface area contributed by atoms with Gasteiger partial charge in [0.1, 0.15) is 12.1 Å². The molecule has 150 valence electrons. The summed E-state index contributed by atoms with van der Waals surface area (Å²) in [5.74, 6) is 0.372. The van der Waals surface area contributed by atoms with E-state index in [2.05, 4.69) is 25.8 Å². The van der Waals surface area contributed by atoms with Crippen LogP contribution in [0, 0.1) is 0 Å². The number of likely N-dealkylation sites (tertiary alicyclic amines) is 1. The van der Waals surface area contributed by atoms with Crippen LogP contribution in [0.1, 0.15) is 47.0 Å². The summed E-state index contributed by atoms with van der Waals surface area (Å²) < 4.78 is 5.27. The number of nitrogens with one attached hydrogen (secondary N) is 3. The van der Waals surface area contributed by atoms with Gasteiger partial charge in [-0.1, -0.05) is 6.92 Å². The third-order valence-electron chi connectivity index (χ3n) is 3.91. The Hall–Kier alpha value is -1.83. The number of guanidine groups is 1. The van der Waals surface area contributed by atoms with Crippen molar-refractivity contribution in [3.8, 4) is 0 Å². The first-order valence-electron chi connectivity index (χ1n) is 9.41. The van der Waals surface area contributed by atoms with Gasteiger partial charge >= 0.3 is 5.97 Å². The van der Waals surface area contributed by atoms with Crippen molar-refractivity contribution >= 4 is 17.8 Å². The molecule has 0 aromatic rings. The van der Waals surface area contributed by atoms with Crippen molar-refractivity contribution in [2.75, 3.05) is 39.8 Å². The van der Waals surface area contributed by atoms with Crippen LogP contribution in [0.4, 0.5) is 0 Å². The van der Waals surface area contributed by atoms with Gasteiger partial charge in [-0.3, -0.25) is 19.5 Å². The van der Waals surface area contributed by atoms with Crippen LogP contribution >= 0.6 is 0 Å². The van der Waals surface area contributed by atoms with Crippen molar-refractivity contribution in [2.24, 2.45) is 4.99 Å². The van der Waals surface area contributed by atoms with Gasteiger partial charge in [0, 0.05) is 32.7 Å². The number of aliphatic imine (C=N–C) groups is 1. The van der Waals surface area contributed by atoms with Gasteiger partial charge in [0.05, 0.1) is 6.54 Å². The molecule has 0 radical (unpaired) electrons. The average molecular weight is 370 g/mol. The first-order chi connectivity index (χ1) is 12.2. The van der Waals surface area contributed by atoms with E-state index in [1.807, 2.05) is 27.7 Å². The molecule has 1 saturated heterocycles. The highest BCUT2D eigenvalue weighted by Gasteiger charge is 2.22. The maximum Gasteiger partial charge on any atom is 0.325 e. The Morgan fingerprint density at radius 3 is 2.38 bits per heavy atom. The summed E-state index contributed by atoms with van der Waals surface area (Å²) >= 11 is 0. The zero-order valence-electron chi connectivity index (χ0n) is 16.9. The molecular formula is C18H35N5O3. The molecule has 8 nitrogen and oxygen atoms in total. The molecule has 1 amide bonds. The second-order valence-electron chi connectivity index (χ2n) is 7.56. The lowest BCUT2D eigenvalue weighted by Crippen LogP contribution is -2.51. The maximum atomic E-state index is 11.8. The molecule has 1 rings (SSSR count). The quantitative estimate of drug-likeness (QED) is 0.343. The van der Waals surface area contributed by atoms with Crippen molar-refractivity contribution in [3.63, 3.8) is 0 Å². The molecule has 0 saturated carbocycles. The number of rotatable bonds is 7. The molecule has 1 heterocycles. The minimum Gasteiger partial charge on any atom is -0.459 e. The Balaban J connectivity index is 2.29. The molecule has 0 atom stereocenters. The van der Waals surface area contributed by atoms with E-state index in [4.69, 9.17) is 4.74 Å². The van der Waals surface area contributed by atoms with Crippen molar-refractivity contribution in [1.29, 1.82) is 0 Å². The number of nitrogens with zero attached hydrogens (tertiary/aromatic N) is 2. The summed E-state index contributed by atoms with van der Waals surface area (Å²) in [7, 11) is 1.68. The van der Waals surface area contributed by atoms with Gasteiger partial charge in [-0.05, 0) is 40.0 Å². The van der Waals surface area contributed by atoms with Crippen LogP contribution in [0.5, 0.6) is 0 Å². The molecule has 0 bridgehead atoms. The molecule has 0 aromatic heterocycles. The second-order valence-corrected chi connectivity index (χ2v) is 7.56. The van der Waals surface area contributed by atoms with E-state index in [1.165, 1.54) is 0 Å². The third-order valence-corrected chi connectivity index (χ3v) is 3.91. The minimum absolute atomic E-state index is 0.0768. The van der Waals surface area contributed by atoms with E-state index < -0.39 is 5.60 Å². The van der Waals surface area contributed by atoms with Crippen LogP contribution in [-0.4, -0.2) is 74.2 Å². The summed E-state index contributed by atoms with van der Waals surface area (Å²) in [5, 5.41) is 9.23. The van der Waals surface area contributed by atoms with Gasteiger partial charge in [0.25, 0.3) is 0 Å². The molecule has 3 N–H and O–H groups in total. The average Bonchev–Trinajstić information content (AvgIpc) is 2.56. The molecule has 1 aliphatic heterocycles. The molecule has 8 heteroatoms. The highest BCUT2D eigenvalue weighted by molar-refractivity contribution is 5.84. The van der Waals surface area contributed by atoms with Crippen LogP contribution in [0.15, 0.2) is 4.99 Å². The fourth-order valence-electron chi connectivity index (χ4n) is 2.68. The van der Waals surface area contributed by atoms with E-state index >= 15 is 0 Å². The topological polar surface area (TPSA) is 95.1 Å². The standard InChI is InChI=1S/C18H35N5O3/c1-6-9-20-15(24)13-23-10-7-14(8-11-23)22-17(19-5)21-12-16(25)26-18(2,3)4/h14H,6-13H2,1-5H3,(H,20,24)(H2,19,21,22). The Labute approximate surface area is 157 Å². The zero-order valence-corrected chi connectivity index (χ0v) is 16.9. The molecule has 0 unspecified atom stereocenters. The summed E-state index contributed by atoms with van der Waals surface area (Å²) in [5.41, 5.74) is -0.494. The summed E-state index contributed by atoms with van der Waals surface area (Å²) in [6.07, 6.45) is 2.80. The molecular weight excluding hydrogens is 334 g/mol. The highest BCUT2D eigenvalue weighted by atomic mass is 16.6. The van der Waals surface area contributed by atoms with Gasteiger partial charge < -0.3 is 20.7 Å². The first kappa shape index (κ1) is 22.2. The number of hydrogen-bond donors (Lipinski definition) is 3. The van der Waals surface area contributed by atoms with Crippen LogP contribution in [0.2, 0.25) is 0 Å². The largest absolute Gasteiger partial charge is 0.459 e. The van der Waals surface area contributed by atoms with Crippen LogP contribution in [-0.2, 0) is 14.3 Å². The van der Waals surface area contributed by atoms with Gasteiger partial charge in [-0.15, -0.1) is 0 Å². The number of carbonyl (C=O) groups is 2. The molecule has 26 heavy (non-hydrogen) atoms. The van der Waals surface area contributed by atoms with Gasteiger partial charge in [-0.2, -0.15) is 0 Å². The SMILES string of the molecule is CCCNC(=O)CN1CCC(NC(=NC)NCC(=O)OC(C)(C)C)CC1. The molecule has 1 aliphatic rings.